The number of nitrogens with zero attached hydrogens (tertiary/aromatic N) is 2. The van der Waals surface area contributed by atoms with Gasteiger partial charge in [-0.3, -0.25) is 4.72 Å². The van der Waals surface area contributed by atoms with E-state index in [2.05, 4.69) is 9.71 Å². The number of anilines is 1. The minimum Gasteiger partial charge on any atom is -0.302 e. The lowest BCUT2D eigenvalue weighted by atomic mass is 10.1. The third-order valence-electron chi connectivity index (χ3n) is 4.73. The summed E-state index contributed by atoms with van der Waals surface area (Å²) >= 11 is 0. The lowest BCUT2D eigenvalue weighted by Crippen LogP contribution is -2.13. The topological polar surface area (TPSA) is 63.5 Å². The van der Waals surface area contributed by atoms with Crippen LogP contribution in [-0.4, -0.2) is 17.8 Å². The first kappa shape index (κ1) is 15.2. The van der Waals surface area contributed by atoms with E-state index in [0.717, 1.165) is 41.9 Å². The zero-order valence-corrected chi connectivity index (χ0v) is 14.5. The molecule has 2 aromatic heterocycles. The Morgan fingerprint density at radius 3 is 2.71 bits per heavy atom. The molecular formula is C18H19N3O2S. The van der Waals surface area contributed by atoms with Crippen LogP contribution in [0.15, 0.2) is 41.4 Å². The molecule has 5 nitrogen and oxygen atoms in total. The molecular weight excluding hydrogens is 322 g/mol. The molecule has 0 radical (unpaired) electrons. The van der Waals surface area contributed by atoms with E-state index >= 15 is 0 Å². The van der Waals surface area contributed by atoms with Crippen molar-refractivity contribution in [2.75, 3.05) is 4.72 Å². The van der Waals surface area contributed by atoms with Crippen LogP contribution in [0.3, 0.4) is 0 Å². The molecule has 1 N–H and O–H groups in total. The predicted molar refractivity (Wildman–Crippen MR) is 93.9 cm³/mol. The summed E-state index contributed by atoms with van der Waals surface area (Å²) in [6.45, 7) is 3.91. The molecule has 3 aromatic rings. The number of imidazole rings is 1. The maximum absolute atomic E-state index is 12.7. The molecule has 6 heteroatoms. The van der Waals surface area contributed by atoms with E-state index in [-0.39, 0.29) is 0 Å². The third kappa shape index (κ3) is 2.47. The van der Waals surface area contributed by atoms with Crippen LogP contribution in [0.4, 0.5) is 5.69 Å². The van der Waals surface area contributed by atoms with Crippen LogP contribution in [0, 0.1) is 13.8 Å². The lowest BCUT2D eigenvalue weighted by Gasteiger charge is -2.10. The summed E-state index contributed by atoms with van der Waals surface area (Å²) in [5.41, 5.74) is 5.69. The van der Waals surface area contributed by atoms with Crippen LogP contribution in [-0.2, 0) is 22.9 Å². The van der Waals surface area contributed by atoms with Gasteiger partial charge in [-0.1, -0.05) is 6.07 Å². The Kier molecular flexibility index (Phi) is 3.38. The number of benzene rings is 1. The summed E-state index contributed by atoms with van der Waals surface area (Å²) in [4.78, 5) is 4.75. The summed E-state index contributed by atoms with van der Waals surface area (Å²) in [6.07, 6.45) is 4.87. The third-order valence-corrected chi connectivity index (χ3v) is 6.11. The number of fused-ring (bicyclic) bond motifs is 2. The minimum atomic E-state index is -3.59. The van der Waals surface area contributed by atoms with Gasteiger partial charge in [-0.05, 0) is 68.5 Å². The van der Waals surface area contributed by atoms with Crippen molar-refractivity contribution in [1.29, 1.82) is 0 Å². The second kappa shape index (κ2) is 5.34. The zero-order valence-electron chi connectivity index (χ0n) is 13.7. The first-order valence-corrected chi connectivity index (χ1v) is 9.52. The molecule has 0 bridgehead atoms. The van der Waals surface area contributed by atoms with Crippen LogP contribution in [0.1, 0.15) is 28.9 Å². The highest BCUT2D eigenvalue weighted by molar-refractivity contribution is 7.92. The van der Waals surface area contributed by atoms with Crippen LogP contribution in [0.2, 0.25) is 0 Å². The van der Waals surface area contributed by atoms with Gasteiger partial charge in [0, 0.05) is 11.9 Å². The zero-order chi connectivity index (χ0) is 16.9. The van der Waals surface area contributed by atoms with Gasteiger partial charge < -0.3 is 4.40 Å². The number of sulfonamides is 1. The van der Waals surface area contributed by atoms with Gasteiger partial charge >= 0.3 is 0 Å². The Balaban J connectivity index is 1.70. The molecule has 24 heavy (non-hydrogen) atoms. The summed E-state index contributed by atoms with van der Waals surface area (Å²) < 4.78 is 30.0. The van der Waals surface area contributed by atoms with Crippen molar-refractivity contribution < 1.29 is 8.42 Å². The average Bonchev–Trinajstić information content (AvgIpc) is 3.12. The molecule has 0 saturated heterocycles. The van der Waals surface area contributed by atoms with E-state index < -0.39 is 10.0 Å². The fourth-order valence-electron chi connectivity index (χ4n) is 3.27. The minimum absolute atomic E-state index is 0.321. The van der Waals surface area contributed by atoms with E-state index in [4.69, 9.17) is 0 Å². The summed E-state index contributed by atoms with van der Waals surface area (Å²) in [7, 11) is -3.59. The maximum atomic E-state index is 12.7. The van der Waals surface area contributed by atoms with Gasteiger partial charge in [0.25, 0.3) is 10.0 Å². The fraction of sp³-hybridized carbons (Fsp3) is 0.278. The van der Waals surface area contributed by atoms with Crippen molar-refractivity contribution in [2.24, 2.45) is 0 Å². The second-order valence-electron chi connectivity index (χ2n) is 6.32. The van der Waals surface area contributed by atoms with Crippen LogP contribution in [0.25, 0.3) is 5.65 Å². The Morgan fingerprint density at radius 1 is 1.08 bits per heavy atom. The van der Waals surface area contributed by atoms with Gasteiger partial charge in [-0.25, -0.2) is 13.4 Å². The van der Waals surface area contributed by atoms with Crippen molar-refractivity contribution in [3.63, 3.8) is 0 Å². The van der Waals surface area contributed by atoms with Gasteiger partial charge in [0.15, 0.2) is 0 Å². The smallest absolute Gasteiger partial charge is 0.261 e. The molecule has 4 rings (SSSR count). The van der Waals surface area contributed by atoms with Crippen LogP contribution >= 0.6 is 0 Å². The van der Waals surface area contributed by atoms with Gasteiger partial charge in [0.05, 0.1) is 16.3 Å². The molecule has 124 valence electrons. The highest BCUT2D eigenvalue weighted by atomic mass is 32.2. The molecule has 1 aliphatic rings. The maximum Gasteiger partial charge on any atom is 0.261 e. The molecule has 0 atom stereocenters. The lowest BCUT2D eigenvalue weighted by molar-refractivity contribution is 0.601. The van der Waals surface area contributed by atoms with E-state index in [0.29, 0.717) is 10.6 Å². The molecule has 2 heterocycles. The molecule has 0 fully saturated rings. The van der Waals surface area contributed by atoms with E-state index in [1.165, 1.54) is 5.56 Å². The van der Waals surface area contributed by atoms with Gasteiger partial charge in [-0.15, -0.1) is 0 Å². The number of hydrogen-bond acceptors (Lipinski definition) is 3. The van der Waals surface area contributed by atoms with Crippen molar-refractivity contribution in [3.8, 4) is 0 Å². The molecule has 0 saturated carbocycles. The number of aromatic nitrogens is 2. The number of hydrogen-bond donors (Lipinski definition) is 1. The van der Waals surface area contributed by atoms with E-state index in [9.17, 15) is 8.42 Å². The Morgan fingerprint density at radius 2 is 1.88 bits per heavy atom. The summed E-state index contributed by atoms with van der Waals surface area (Å²) in [5.74, 6) is 0. The molecule has 0 amide bonds. The fourth-order valence-corrected chi connectivity index (χ4v) is 4.36. The monoisotopic (exact) mass is 341 g/mol. The van der Waals surface area contributed by atoms with Crippen molar-refractivity contribution >= 4 is 21.4 Å². The molecule has 1 aliphatic carbocycles. The quantitative estimate of drug-likeness (QED) is 0.795. The highest BCUT2D eigenvalue weighted by Gasteiger charge is 2.19. The van der Waals surface area contributed by atoms with Crippen molar-refractivity contribution in [1.82, 2.24) is 9.38 Å². The summed E-state index contributed by atoms with van der Waals surface area (Å²) in [6, 6.07) is 8.99. The number of aryl methyl sites for hydroxylation is 4. The second-order valence-corrected chi connectivity index (χ2v) is 8.00. The Bertz CT molecular complexity index is 1050. The largest absolute Gasteiger partial charge is 0.302 e. The highest BCUT2D eigenvalue weighted by Crippen LogP contribution is 2.26. The van der Waals surface area contributed by atoms with E-state index in [1.807, 2.05) is 30.4 Å². The standard InChI is InChI=1S/C18H19N3O2S/c1-12-13(2)21-11-16(7-9-18(21)19-12)20-24(22,23)17-8-6-14-4-3-5-15(14)10-17/h6-11,20H,3-5H2,1-2H3. The van der Waals surface area contributed by atoms with Crippen molar-refractivity contribution in [2.45, 2.75) is 38.0 Å². The average molecular weight is 341 g/mol. The Labute approximate surface area is 141 Å². The van der Waals surface area contributed by atoms with Crippen LogP contribution in [0.5, 0.6) is 0 Å². The normalized spacial score (nSPS) is 14.1. The molecule has 0 unspecified atom stereocenters. The van der Waals surface area contributed by atoms with Gasteiger partial charge in [0.1, 0.15) is 5.65 Å². The van der Waals surface area contributed by atoms with Gasteiger partial charge in [0.2, 0.25) is 0 Å². The first-order chi connectivity index (χ1) is 11.4. The molecule has 0 spiro atoms. The van der Waals surface area contributed by atoms with E-state index in [1.54, 1.807) is 24.4 Å². The predicted octanol–water partition coefficient (Wildman–Crippen LogP) is 3.24. The van der Waals surface area contributed by atoms with Gasteiger partial charge in [-0.2, -0.15) is 0 Å². The molecule has 1 aromatic carbocycles. The SMILES string of the molecule is Cc1nc2ccc(NS(=O)(=O)c3ccc4c(c3)CCC4)cn2c1C. The Hall–Kier alpha value is -2.34. The van der Waals surface area contributed by atoms with Crippen LogP contribution < -0.4 is 4.72 Å². The number of nitrogens with one attached hydrogen (secondary N) is 1. The number of rotatable bonds is 3. The molecule has 0 aliphatic heterocycles. The summed E-state index contributed by atoms with van der Waals surface area (Å²) in [5, 5.41) is 0. The number of pyridine rings is 1. The van der Waals surface area contributed by atoms with Crippen molar-refractivity contribution in [3.05, 3.63) is 59.0 Å². The first-order valence-electron chi connectivity index (χ1n) is 8.04.